The van der Waals surface area contributed by atoms with Crippen molar-refractivity contribution >= 4 is 52.2 Å². The number of nitrogens with one attached hydrogen (secondary N) is 2. The third-order valence-corrected chi connectivity index (χ3v) is 2.51. The number of para-hydroxylation sites is 1. The van der Waals surface area contributed by atoms with Gasteiger partial charge in [-0.2, -0.15) is 0 Å². The number of nitrogens with zero attached hydrogens (tertiary/aromatic N) is 2. The molecule has 4 nitrogen and oxygen atoms in total. The molecule has 0 saturated heterocycles. The topological polar surface area (TPSA) is 49.8 Å². The van der Waals surface area contributed by atoms with Gasteiger partial charge in [0.2, 0.25) is 5.95 Å². The van der Waals surface area contributed by atoms with E-state index in [1.807, 2.05) is 30.3 Å². The summed E-state index contributed by atoms with van der Waals surface area (Å²) >= 11 is 16.6. The number of aromatic nitrogens is 2. The number of hydrogen-bond donors (Lipinski definition) is 2. The van der Waals surface area contributed by atoms with E-state index in [9.17, 15) is 0 Å². The first kappa shape index (κ1) is 13.0. The van der Waals surface area contributed by atoms with Gasteiger partial charge in [0.25, 0.3) is 0 Å². The molecule has 1 aromatic carbocycles. The predicted octanol–water partition coefficient (Wildman–Crippen LogP) is 3.59. The van der Waals surface area contributed by atoms with Crippen molar-refractivity contribution in [3.8, 4) is 0 Å². The Morgan fingerprint density at radius 3 is 2.22 bits per heavy atom. The van der Waals surface area contributed by atoms with Crippen LogP contribution >= 0.6 is 35.4 Å². The normalized spacial score (nSPS) is 9.89. The fraction of sp³-hybridized carbons (Fsp3) is 0. The molecule has 1 heterocycles. The third-order valence-electron chi connectivity index (χ3n) is 1.92. The number of thiocarbonyl (C=S) groups is 1. The van der Waals surface area contributed by atoms with E-state index in [4.69, 9.17) is 35.4 Å². The van der Waals surface area contributed by atoms with Gasteiger partial charge in [0.05, 0.1) is 0 Å². The smallest absolute Gasteiger partial charge is 0.231 e. The Morgan fingerprint density at radius 1 is 1.00 bits per heavy atom. The Bertz CT molecular complexity index is 542. The van der Waals surface area contributed by atoms with Gasteiger partial charge in [-0.1, -0.05) is 41.4 Å². The highest BCUT2D eigenvalue weighted by Gasteiger charge is 2.04. The molecule has 7 heteroatoms. The van der Waals surface area contributed by atoms with Gasteiger partial charge in [0.1, 0.15) is 10.3 Å². The molecule has 0 aliphatic heterocycles. The summed E-state index contributed by atoms with van der Waals surface area (Å²) < 4.78 is 0. The molecule has 92 valence electrons. The van der Waals surface area contributed by atoms with E-state index in [2.05, 4.69) is 20.6 Å². The molecule has 0 saturated carbocycles. The predicted molar refractivity (Wildman–Crippen MR) is 78.3 cm³/mol. The van der Waals surface area contributed by atoms with Crippen molar-refractivity contribution in [1.82, 2.24) is 9.97 Å². The number of hydrogen-bond acceptors (Lipinski definition) is 3. The van der Waals surface area contributed by atoms with Crippen molar-refractivity contribution in [2.45, 2.75) is 0 Å². The molecule has 2 aromatic rings. The summed E-state index contributed by atoms with van der Waals surface area (Å²) in [6.07, 6.45) is 0. The van der Waals surface area contributed by atoms with E-state index >= 15 is 0 Å². The average molecular weight is 299 g/mol. The van der Waals surface area contributed by atoms with Crippen LogP contribution in [0.15, 0.2) is 36.4 Å². The number of halogens is 2. The van der Waals surface area contributed by atoms with Crippen molar-refractivity contribution < 1.29 is 0 Å². The molecule has 0 radical (unpaired) electrons. The van der Waals surface area contributed by atoms with E-state index in [1.54, 1.807) is 0 Å². The minimum Gasteiger partial charge on any atom is -0.332 e. The Balaban J connectivity index is 2.03. The van der Waals surface area contributed by atoms with Crippen LogP contribution in [0.2, 0.25) is 10.3 Å². The molecular formula is C11H8Cl2N4S. The van der Waals surface area contributed by atoms with Crippen LogP contribution in [0.1, 0.15) is 0 Å². The highest BCUT2D eigenvalue weighted by atomic mass is 35.5. The van der Waals surface area contributed by atoms with Crippen LogP contribution in [0.3, 0.4) is 0 Å². The Kier molecular flexibility index (Phi) is 4.30. The molecular weight excluding hydrogens is 291 g/mol. The fourth-order valence-corrected chi connectivity index (χ4v) is 1.86. The lowest BCUT2D eigenvalue weighted by atomic mass is 10.3. The third kappa shape index (κ3) is 3.80. The van der Waals surface area contributed by atoms with Crippen LogP contribution in [0.25, 0.3) is 0 Å². The first-order valence-corrected chi connectivity index (χ1v) is 6.13. The zero-order valence-electron chi connectivity index (χ0n) is 9.02. The van der Waals surface area contributed by atoms with Gasteiger partial charge in [0.15, 0.2) is 5.11 Å². The van der Waals surface area contributed by atoms with E-state index in [0.717, 1.165) is 5.69 Å². The van der Waals surface area contributed by atoms with Crippen LogP contribution < -0.4 is 10.6 Å². The van der Waals surface area contributed by atoms with Crippen LogP contribution in [-0.2, 0) is 0 Å². The van der Waals surface area contributed by atoms with Gasteiger partial charge in [-0.15, -0.1) is 0 Å². The standard InChI is InChI=1S/C11H8Cl2N4S/c12-8-6-9(13)16-10(15-8)17-11(18)14-7-4-2-1-3-5-7/h1-6H,(H2,14,15,16,17,18). The van der Waals surface area contributed by atoms with E-state index in [0.29, 0.717) is 5.11 Å². The van der Waals surface area contributed by atoms with Crippen molar-refractivity contribution in [2.75, 3.05) is 10.6 Å². The minimum absolute atomic E-state index is 0.250. The van der Waals surface area contributed by atoms with E-state index in [1.165, 1.54) is 6.07 Å². The lowest BCUT2D eigenvalue weighted by molar-refractivity contribution is 1.18. The quantitative estimate of drug-likeness (QED) is 0.655. The fourth-order valence-electron chi connectivity index (χ4n) is 1.23. The molecule has 0 aliphatic carbocycles. The highest BCUT2D eigenvalue weighted by Crippen LogP contribution is 2.14. The summed E-state index contributed by atoms with van der Waals surface area (Å²) in [5, 5.41) is 6.65. The Hall–Kier alpha value is -1.43. The first-order chi connectivity index (χ1) is 8.63. The lowest BCUT2D eigenvalue weighted by Gasteiger charge is -2.09. The summed E-state index contributed by atoms with van der Waals surface area (Å²) in [5.74, 6) is 0.251. The molecule has 0 atom stereocenters. The van der Waals surface area contributed by atoms with Crippen molar-refractivity contribution in [3.63, 3.8) is 0 Å². The Morgan fingerprint density at radius 2 is 1.61 bits per heavy atom. The Labute approximate surface area is 119 Å². The zero-order valence-corrected chi connectivity index (χ0v) is 11.4. The second-order valence-electron chi connectivity index (χ2n) is 3.28. The van der Waals surface area contributed by atoms with Crippen molar-refractivity contribution in [1.29, 1.82) is 0 Å². The molecule has 0 spiro atoms. The van der Waals surface area contributed by atoms with Crippen LogP contribution in [0, 0.1) is 0 Å². The van der Waals surface area contributed by atoms with Gasteiger partial charge in [-0.25, -0.2) is 9.97 Å². The van der Waals surface area contributed by atoms with E-state index < -0.39 is 0 Å². The minimum atomic E-state index is 0.250. The maximum absolute atomic E-state index is 5.75. The SMILES string of the molecule is S=C(Nc1ccccc1)Nc1nc(Cl)cc(Cl)n1. The molecule has 2 N–H and O–H groups in total. The molecule has 0 bridgehead atoms. The molecule has 1 aromatic heterocycles. The van der Waals surface area contributed by atoms with Gasteiger partial charge >= 0.3 is 0 Å². The summed E-state index contributed by atoms with van der Waals surface area (Å²) in [6.45, 7) is 0. The zero-order chi connectivity index (χ0) is 13.0. The van der Waals surface area contributed by atoms with Crippen LogP contribution in [0.4, 0.5) is 11.6 Å². The summed E-state index contributed by atoms with van der Waals surface area (Å²) in [5.41, 5.74) is 0.864. The molecule has 0 aliphatic rings. The second-order valence-corrected chi connectivity index (χ2v) is 4.46. The van der Waals surface area contributed by atoms with Crippen molar-refractivity contribution in [3.05, 3.63) is 46.7 Å². The maximum atomic E-state index is 5.75. The monoisotopic (exact) mass is 298 g/mol. The number of anilines is 2. The lowest BCUT2D eigenvalue weighted by Crippen LogP contribution is -2.20. The maximum Gasteiger partial charge on any atom is 0.231 e. The summed E-state index contributed by atoms with van der Waals surface area (Å²) in [6, 6.07) is 10.9. The van der Waals surface area contributed by atoms with Crippen molar-refractivity contribution in [2.24, 2.45) is 0 Å². The molecule has 18 heavy (non-hydrogen) atoms. The molecule has 0 amide bonds. The number of benzene rings is 1. The first-order valence-electron chi connectivity index (χ1n) is 4.96. The highest BCUT2D eigenvalue weighted by molar-refractivity contribution is 7.80. The second kappa shape index (κ2) is 5.95. The van der Waals surface area contributed by atoms with Gasteiger partial charge in [-0.05, 0) is 24.4 Å². The average Bonchev–Trinajstić information content (AvgIpc) is 2.28. The van der Waals surface area contributed by atoms with Crippen LogP contribution in [-0.4, -0.2) is 15.1 Å². The molecule has 2 rings (SSSR count). The van der Waals surface area contributed by atoms with Gasteiger partial charge in [0, 0.05) is 11.8 Å². The van der Waals surface area contributed by atoms with E-state index in [-0.39, 0.29) is 16.3 Å². The van der Waals surface area contributed by atoms with Gasteiger partial charge in [-0.3, -0.25) is 0 Å². The van der Waals surface area contributed by atoms with Crippen LogP contribution in [0.5, 0.6) is 0 Å². The molecule has 0 unspecified atom stereocenters. The largest absolute Gasteiger partial charge is 0.332 e. The number of rotatable bonds is 2. The summed E-state index contributed by atoms with van der Waals surface area (Å²) in [7, 11) is 0. The summed E-state index contributed by atoms with van der Waals surface area (Å²) in [4.78, 5) is 7.89. The van der Waals surface area contributed by atoms with Gasteiger partial charge < -0.3 is 10.6 Å². The molecule has 0 fully saturated rings.